The highest BCUT2D eigenvalue weighted by atomic mass is 31.2. The molecule has 0 amide bonds. The van der Waals surface area contributed by atoms with E-state index in [1.54, 1.807) is 0 Å². The first-order chi connectivity index (χ1) is 9.64. The number of rotatable bonds is 11. The van der Waals surface area contributed by atoms with Crippen molar-refractivity contribution in [1.29, 1.82) is 0 Å². The molecule has 1 atom stereocenters. The summed E-state index contributed by atoms with van der Waals surface area (Å²) in [5, 5.41) is 0. The van der Waals surface area contributed by atoms with E-state index in [-0.39, 0.29) is 13.2 Å². The van der Waals surface area contributed by atoms with Crippen LogP contribution in [-0.2, 0) is 20.2 Å². The van der Waals surface area contributed by atoms with E-state index in [1.807, 2.05) is 30.3 Å². The minimum atomic E-state index is -3.92. The molecule has 0 saturated carbocycles. The molecule has 0 saturated heterocycles. The monoisotopic (exact) mass is 300 g/mol. The van der Waals surface area contributed by atoms with Gasteiger partial charge in [-0.25, -0.2) is 4.57 Å². The normalized spacial score (nSPS) is 14.1. The molecule has 0 aliphatic heterocycles. The van der Waals surface area contributed by atoms with Crippen LogP contribution in [0.2, 0.25) is 0 Å². The van der Waals surface area contributed by atoms with Crippen LogP contribution in [0.15, 0.2) is 30.3 Å². The van der Waals surface area contributed by atoms with Crippen LogP contribution in [0, 0.1) is 0 Å². The maximum atomic E-state index is 11.6. The molecule has 1 aromatic rings. The van der Waals surface area contributed by atoms with Crippen LogP contribution in [0.4, 0.5) is 0 Å². The van der Waals surface area contributed by atoms with Crippen molar-refractivity contribution in [2.24, 2.45) is 0 Å². The lowest BCUT2D eigenvalue weighted by Crippen LogP contribution is -1.98. The Morgan fingerprint density at radius 3 is 2.35 bits per heavy atom. The molecule has 0 radical (unpaired) electrons. The van der Waals surface area contributed by atoms with Gasteiger partial charge in [-0.15, -0.1) is 0 Å². The predicted octanol–water partition coefficient (Wildman–Crippen LogP) is 4.68. The first kappa shape index (κ1) is 17.4. The largest absolute Gasteiger partial charge is 0.472 e. The lowest BCUT2D eigenvalue weighted by atomic mass is 10.1. The molecule has 0 aliphatic carbocycles. The average molecular weight is 300 g/mol. The van der Waals surface area contributed by atoms with E-state index in [1.165, 1.54) is 19.3 Å². The van der Waals surface area contributed by atoms with E-state index in [2.05, 4.69) is 6.92 Å². The molecule has 1 unspecified atom stereocenters. The first-order valence-electron chi connectivity index (χ1n) is 7.30. The number of hydrogen-bond acceptors (Lipinski definition) is 3. The fourth-order valence-electron chi connectivity index (χ4n) is 1.83. The SMILES string of the molecule is CCCCCCCCOP(=O)(O)OCc1ccccc1. The van der Waals surface area contributed by atoms with Gasteiger partial charge in [0.1, 0.15) is 0 Å². The third-order valence-corrected chi connectivity index (χ3v) is 3.95. The van der Waals surface area contributed by atoms with E-state index in [0.717, 1.165) is 24.8 Å². The van der Waals surface area contributed by atoms with Crippen LogP contribution in [-0.4, -0.2) is 11.5 Å². The van der Waals surface area contributed by atoms with Crippen LogP contribution >= 0.6 is 7.82 Å². The van der Waals surface area contributed by atoms with Gasteiger partial charge in [-0.2, -0.15) is 0 Å². The molecule has 20 heavy (non-hydrogen) atoms. The second-order valence-electron chi connectivity index (χ2n) is 4.83. The van der Waals surface area contributed by atoms with E-state index in [0.29, 0.717) is 0 Å². The Morgan fingerprint density at radius 2 is 1.65 bits per heavy atom. The van der Waals surface area contributed by atoms with Crippen molar-refractivity contribution in [2.45, 2.75) is 52.1 Å². The van der Waals surface area contributed by atoms with Gasteiger partial charge in [-0.3, -0.25) is 9.05 Å². The van der Waals surface area contributed by atoms with Gasteiger partial charge in [0, 0.05) is 0 Å². The summed E-state index contributed by atoms with van der Waals surface area (Å²) in [7, 11) is -3.92. The molecule has 1 N–H and O–H groups in total. The Labute approximate surface area is 121 Å². The molecule has 0 bridgehead atoms. The molecule has 0 heterocycles. The first-order valence-corrected chi connectivity index (χ1v) is 8.79. The van der Waals surface area contributed by atoms with Crippen LogP contribution in [0.1, 0.15) is 51.0 Å². The van der Waals surface area contributed by atoms with Crippen molar-refractivity contribution in [1.82, 2.24) is 0 Å². The summed E-state index contributed by atoms with van der Waals surface area (Å²) < 4.78 is 21.5. The summed E-state index contributed by atoms with van der Waals surface area (Å²) in [6.07, 6.45) is 6.66. The molecule has 0 aliphatic rings. The van der Waals surface area contributed by atoms with Crippen molar-refractivity contribution < 1.29 is 18.5 Å². The van der Waals surface area contributed by atoms with Gasteiger partial charge in [-0.1, -0.05) is 69.4 Å². The lowest BCUT2D eigenvalue weighted by Gasteiger charge is -2.12. The van der Waals surface area contributed by atoms with Crippen LogP contribution in [0.25, 0.3) is 0 Å². The molecule has 0 spiro atoms. The van der Waals surface area contributed by atoms with Gasteiger partial charge in [0.25, 0.3) is 0 Å². The second kappa shape index (κ2) is 10.1. The van der Waals surface area contributed by atoms with Crippen molar-refractivity contribution in [3.8, 4) is 0 Å². The number of phosphoric ester groups is 1. The average Bonchev–Trinajstić information content (AvgIpc) is 2.45. The van der Waals surface area contributed by atoms with Crippen molar-refractivity contribution in [2.75, 3.05) is 6.61 Å². The molecule has 1 rings (SSSR count). The fourth-order valence-corrected chi connectivity index (χ4v) is 2.58. The van der Waals surface area contributed by atoms with Gasteiger partial charge in [-0.05, 0) is 12.0 Å². The number of phosphoric acid groups is 1. The van der Waals surface area contributed by atoms with Gasteiger partial charge in [0.15, 0.2) is 0 Å². The van der Waals surface area contributed by atoms with Crippen molar-refractivity contribution in [3.63, 3.8) is 0 Å². The smallest absolute Gasteiger partial charge is 0.302 e. The standard InChI is InChI=1S/C15H25O4P/c1-2-3-4-5-6-10-13-18-20(16,17)19-14-15-11-8-7-9-12-15/h7-9,11-12H,2-6,10,13-14H2,1H3,(H,16,17). The number of hydrogen-bond donors (Lipinski definition) is 1. The molecule has 1 aromatic carbocycles. The van der Waals surface area contributed by atoms with Crippen molar-refractivity contribution in [3.05, 3.63) is 35.9 Å². The maximum absolute atomic E-state index is 11.6. The summed E-state index contributed by atoms with van der Waals surface area (Å²) in [5.41, 5.74) is 0.852. The minimum absolute atomic E-state index is 0.0884. The summed E-state index contributed by atoms with van der Waals surface area (Å²) >= 11 is 0. The maximum Gasteiger partial charge on any atom is 0.472 e. The molecule has 5 heteroatoms. The third-order valence-electron chi connectivity index (χ3n) is 2.99. The molecule has 0 fully saturated rings. The summed E-state index contributed by atoms with van der Waals surface area (Å²) in [6, 6.07) is 9.29. The van der Waals surface area contributed by atoms with E-state index >= 15 is 0 Å². The highest BCUT2D eigenvalue weighted by Gasteiger charge is 2.20. The molecule has 0 aromatic heterocycles. The molecule has 4 nitrogen and oxygen atoms in total. The molecular formula is C15H25O4P. The van der Waals surface area contributed by atoms with E-state index in [4.69, 9.17) is 9.05 Å². The summed E-state index contributed by atoms with van der Waals surface area (Å²) in [6.45, 7) is 2.54. The van der Waals surface area contributed by atoms with Crippen LogP contribution < -0.4 is 0 Å². The highest BCUT2D eigenvalue weighted by Crippen LogP contribution is 2.44. The van der Waals surface area contributed by atoms with Gasteiger partial charge in [0.05, 0.1) is 13.2 Å². The Morgan fingerprint density at radius 1 is 1.00 bits per heavy atom. The topological polar surface area (TPSA) is 55.8 Å². The van der Waals surface area contributed by atoms with E-state index < -0.39 is 7.82 Å². The van der Waals surface area contributed by atoms with Gasteiger partial charge >= 0.3 is 7.82 Å². The Kier molecular flexibility index (Phi) is 8.79. The number of unbranched alkanes of at least 4 members (excludes halogenated alkanes) is 5. The predicted molar refractivity (Wildman–Crippen MR) is 80.4 cm³/mol. The van der Waals surface area contributed by atoms with Crippen LogP contribution in [0.3, 0.4) is 0 Å². The Balaban J connectivity index is 2.10. The summed E-state index contributed by atoms with van der Waals surface area (Å²) in [4.78, 5) is 9.53. The quantitative estimate of drug-likeness (QED) is 0.476. The minimum Gasteiger partial charge on any atom is -0.302 e. The summed E-state index contributed by atoms with van der Waals surface area (Å²) in [5.74, 6) is 0. The van der Waals surface area contributed by atoms with Crippen molar-refractivity contribution >= 4 is 7.82 Å². The Bertz CT molecular complexity index is 394. The van der Waals surface area contributed by atoms with Gasteiger partial charge < -0.3 is 4.89 Å². The van der Waals surface area contributed by atoms with Gasteiger partial charge in [0.2, 0.25) is 0 Å². The zero-order valence-corrected chi connectivity index (χ0v) is 13.1. The zero-order chi connectivity index (χ0) is 14.7. The van der Waals surface area contributed by atoms with E-state index in [9.17, 15) is 9.46 Å². The molecular weight excluding hydrogens is 275 g/mol. The number of benzene rings is 1. The molecule has 114 valence electrons. The van der Waals surface area contributed by atoms with Crippen LogP contribution in [0.5, 0.6) is 0 Å². The zero-order valence-electron chi connectivity index (χ0n) is 12.2. The lowest BCUT2D eigenvalue weighted by molar-refractivity contribution is 0.141. The second-order valence-corrected chi connectivity index (χ2v) is 6.28. The fraction of sp³-hybridized carbons (Fsp3) is 0.600. The highest BCUT2D eigenvalue weighted by molar-refractivity contribution is 7.47. The Hall–Kier alpha value is -0.670. The third kappa shape index (κ3) is 8.49.